The first-order chi connectivity index (χ1) is 9.54. The van der Waals surface area contributed by atoms with Crippen molar-refractivity contribution in [2.45, 2.75) is 0 Å². The highest BCUT2D eigenvalue weighted by molar-refractivity contribution is 7.10. The molecule has 4 N–H and O–H groups in total. The van der Waals surface area contributed by atoms with Crippen LogP contribution in [0.2, 0.25) is 0 Å². The number of amides is 3. The molecule has 20 heavy (non-hydrogen) atoms. The second-order valence-electron chi connectivity index (χ2n) is 4.09. The lowest BCUT2D eigenvalue weighted by Crippen LogP contribution is -2.39. The number of hydrogen-bond donors (Lipinski definition) is 3. The van der Waals surface area contributed by atoms with Crippen LogP contribution in [0.3, 0.4) is 0 Å². The normalized spacial score (nSPS) is 9.35. The lowest BCUT2D eigenvalue weighted by molar-refractivity contribution is 0.0954. The highest BCUT2D eigenvalue weighted by Crippen LogP contribution is 2.13. The molecule has 0 spiro atoms. The number of hydrogen-bond acceptors (Lipinski definition) is 4. The summed E-state index contributed by atoms with van der Waals surface area (Å²) in [5.41, 5.74) is 5.85. The molecule has 0 saturated carbocycles. The van der Waals surface area contributed by atoms with E-state index in [0.717, 1.165) is 4.88 Å². The third kappa shape index (κ3) is 5.30. The summed E-state index contributed by atoms with van der Waals surface area (Å²) in [6.07, 6.45) is 0. The van der Waals surface area contributed by atoms with Crippen LogP contribution in [0.5, 0.6) is 0 Å². The molecule has 1 heterocycles. The highest BCUT2D eigenvalue weighted by atomic mass is 32.1. The molecule has 108 valence electrons. The molecule has 7 heteroatoms. The standard InChI is InChI=1S/C13H18N4O2S/c1-17(2)13(19)16-7-6-15-12(18)10-8-11(20-9-10)4-3-5-14/h8-9H,5-7,14H2,1-2H3,(H,15,18)(H,16,19). The maximum absolute atomic E-state index is 11.8. The molecule has 0 aliphatic carbocycles. The van der Waals surface area contributed by atoms with Crippen LogP contribution < -0.4 is 16.4 Å². The van der Waals surface area contributed by atoms with Crippen LogP contribution in [0, 0.1) is 11.8 Å². The minimum Gasteiger partial charge on any atom is -0.350 e. The Morgan fingerprint density at radius 1 is 1.35 bits per heavy atom. The second-order valence-corrected chi connectivity index (χ2v) is 5.00. The van der Waals surface area contributed by atoms with E-state index < -0.39 is 0 Å². The zero-order valence-corrected chi connectivity index (χ0v) is 12.3. The van der Waals surface area contributed by atoms with E-state index in [9.17, 15) is 9.59 Å². The zero-order valence-electron chi connectivity index (χ0n) is 11.5. The van der Waals surface area contributed by atoms with Crippen molar-refractivity contribution in [3.05, 3.63) is 21.9 Å². The lowest BCUT2D eigenvalue weighted by Gasteiger charge is -2.11. The molecule has 6 nitrogen and oxygen atoms in total. The van der Waals surface area contributed by atoms with E-state index in [-0.39, 0.29) is 11.9 Å². The van der Waals surface area contributed by atoms with E-state index in [1.165, 1.54) is 16.2 Å². The fourth-order valence-electron chi connectivity index (χ4n) is 1.26. The average Bonchev–Trinajstić information content (AvgIpc) is 2.89. The van der Waals surface area contributed by atoms with Gasteiger partial charge in [0.05, 0.1) is 17.0 Å². The number of nitrogens with zero attached hydrogens (tertiary/aromatic N) is 1. The van der Waals surface area contributed by atoms with Crippen molar-refractivity contribution in [1.82, 2.24) is 15.5 Å². The number of carbonyl (C=O) groups excluding carboxylic acids is 2. The van der Waals surface area contributed by atoms with Crippen molar-refractivity contribution in [1.29, 1.82) is 0 Å². The predicted molar refractivity (Wildman–Crippen MR) is 79.7 cm³/mol. The van der Waals surface area contributed by atoms with E-state index in [1.54, 1.807) is 25.5 Å². The minimum absolute atomic E-state index is 0.179. The number of carbonyl (C=O) groups is 2. The Hall–Kier alpha value is -2.04. The number of nitrogens with one attached hydrogen (secondary N) is 2. The first-order valence-electron chi connectivity index (χ1n) is 6.05. The third-order valence-corrected chi connectivity index (χ3v) is 3.11. The molecule has 0 fully saturated rings. The van der Waals surface area contributed by atoms with Crippen LogP contribution in [-0.4, -0.2) is 50.6 Å². The number of rotatable bonds is 4. The molecule has 3 amide bonds. The van der Waals surface area contributed by atoms with Gasteiger partial charge in [0.15, 0.2) is 0 Å². The topological polar surface area (TPSA) is 87.5 Å². The molecule has 1 rings (SSSR count). The van der Waals surface area contributed by atoms with E-state index in [4.69, 9.17) is 5.73 Å². The Morgan fingerprint density at radius 3 is 2.70 bits per heavy atom. The number of nitrogens with two attached hydrogens (primary N) is 1. The Balaban J connectivity index is 2.36. The maximum atomic E-state index is 11.8. The number of urea groups is 1. The summed E-state index contributed by atoms with van der Waals surface area (Å²) in [5, 5.41) is 7.13. The molecule has 1 aromatic rings. The molecule has 0 saturated heterocycles. The summed E-state index contributed by atoms with van der Waals surface area (Å²) < 4.78 is 0. The van der Waals surface area contributed by atoms with Crippen LogP contribution in [-0.2, 0) is 0 Å². The van der Waals surface area contributed by atoms with Gasteiger partial charge in [-0.2, -0.15) is 0 Å². The predicted octanol–water partition coefficient (Wildman–Crippen LogP) is 0.0593. The summed E-state index contributed by atoms with van der Waals surface area (Å²) in [5.74, 6) is 5.43. The smallest absolute Gasteiger partial charge is 0.316 e. The Labute approximate surface area is 122 Å². The summed E-state index contributed by atoms with van der Waals surface area (Å²) in [6.45, 7) is 1.05. The summed E-state index contributed by atoms with van der Waals surface area (Å²) >= 11 is 1.40. The van der Waals surface area contributed by atoms with E-state index >= 15 is 0 Å². The van der Waals surface area contributed by atoms with Crippen molar-refractivity contribution in [3.8, 4) is 11.8 Å². The van der Waals surface area contributed by atoms with Crippen molar-refractivity contribution in [3.63, 3.8) is 0 Å². The van der Waals surface area contributed by atoms with Gasteiger partial charge in [-0.15, -0.1) is 11.3 Å². The summed E-state index contributed by atoms with van der Waals surface area (Å²) in [4.78, 5) is 25.3. The average molecular weight is 294 g/mol. The van der Waals surface area contributed by atoms with E-state index in [2.05, 4.69) is 22.5 Å². The molecule has 0 aliphatic rings. The molecule has 1 aromatic heterocycles. The zero-order chi connectivity index (χ0) is 15.0. The Bertz CT molecular complexity index is 528. The molecular formula is C13H18N4O2S. The molecule has 0 aromatic carbocycles. The van der Waals surface area contributed by atoms with Crippen molar-refractivity contribution in [2.75, 3.05) is 33.7 Å². The van der Waals surface area contributed by atoms with Crippen molar-refractivity contribution < 1.29 is 9.59 Å². The maximum Gasteiger partial charge on any atom is 0.316 e. The van der Waals surface area contributed by atoms with Gasteiger partial charge in [-0.3, -0.25) is 4.79 Å². The van der Waals surface area contributed by atoms with Gasteiger partial charge in [0.1, 0.15) is 0 Å². The van der Waals surface area contributed by atoms with E-state index in [0.29, 0.717) is 25.2 Å². The highest BCUT2D eigenvalue weighted by Gasteiger charge is 2.07. The fraction of sp³-hybridized carbons (Fsp3) is 0.385. The fourth-order valence-corrected chi connectivity index (χ4v) is 2.02. The summed E-state index contributed by atoms with van der Waals surface area (Å²) in [6, 6.07) is 1.54. The largest absolute Gasteiger partial charge is 0.350 e. The molecule has 0 bridgehead atoms. The molecule has 0 aliphatic heterocycles. The third-order valence-electron chi connectivity index (χ3n) is 2.27. The molecule has 0 atom stereocenters. The SMILES string of the molecule is CN(C)C(=O)NCCNC(=O)c1csc(C#CCN)c1. The Kier molecular flexibility index (Phi) is 6.56. The van der Waals surface area contributed by atoms with Gasteiger partial charge in [0.25, 0.3) is 5.91 Å². The van der Waals surface area contributed by atoms with Crippen LogP contribution in [0.1, 0.15) is 15.2 Å². The second kappa shape index (κ2) is 8.19. The molecule has 0 unspecified atom stereocenters. The molecule has 0 radical (unpaired) electrons. The summed E-state index contributed by atoms with van der Waals surface area (Å²) in [7, 11) is 3.31. The quantitative estimate of drug-likeness (QED) is 0.542. The van der Waals surface area contributed by atoms with Crippen LogP contribution >= 0.6 is 11.3 Å². The minimum atomic E-state index is -0.186. The van der Waals surface area contributed by atoms with Gasteiger partial charge < -0.3 is 21.3 Å². The van der Waals surface area contributed by atoms with Crippen molar-refractivity contribution in [2.24, 2.45) is 5.73 Å². The first-order valence-corrected chi connectivity index (χ1v) is 6.93. The first kappa shape index (κ1) is 16.0. The van der Waals surface area contributed by atoms with Gasteiger partial charge >= 0.3 is 6.03 Å². The van der Waals surface area contributed by atoms with Gasteiger partial charge in [-0.1, -0.05) is 11.8 Å². The molecular weight excluding hydrogens is 276 g/mol. The van der Waals surface area contributed by atoms with Crippen molar-refractivity contribution >= 4 is 23.3 Å². The monoisotopic (exact) mass is 294 g/mol. The number of thiophene rings is 1. The Morgan fingerprint density at radius 2 is 2.05 bits per heavy atom. The lowest BCUT2D eigenvalue weighted by atomic mass is 10.3. The van der Waals surface area contributed by atoms with Gasteiger partial charge in [0, 0.05) is 32.6 Å². The van der Waals surface area contributed by atoms with Crippen LogP contribution in [0.15, 0.2) is 11.4 Å². The van der Waals surface area contributed by atoms with E-state index in [1.807, 2.05) is 0 Å². The van der Waals surface area contributed by atoms with Crippen LogP contribution in [0.25, 0.3) is 0 Å². The van der Waals surface area contributed by atoms with Gasteiger partial charge in [-0.05, 0) is 6.07 Å². The van der Waals surface area contributed by atoms with Gasteiger partial charge in [0.2, 0.25) is 0 Å². The van der Waals surface area contributed by atoms with Gasteiger partial charge in [-0.25, -0.2) is 4.79 Å². The van der Waals surface area contributed by atoms with Crippen LogP contribution in [0.4, 0.5) is 4.79 Å².